The van der Waals surface area contributed by atoms with Crippen LogP contribution in [0.3, 0.4) is 0 Å². The second-order valence-corrected chi connectivity index (χ2v) is 19.2. The van der Waals surface area contributed by atoms with Crippen LogP contribution in [0.25, 0.3) is 0 Å². The number of nitrogens with zero attached hydrogens (tertiary/aromatic N) is 4. The van der Waals surface area contributed by atoms with Gasteiger partial charge in [0.2, 0.25) is 17.7 Å². The lowest BCUT2D eigenvalue weighted by atomic mass is 10.1. The van der Waals surface area contributed by atoms with Crippen LogP contribution in [-0.2, 0) is 67.1 Å². The highest BCUT2D eigenvalue weighted by Crippen LogP contribution is 2.12. The van der Waals surface area contributed by atoms with Crippen LogP contribution in [0.1, 0.15) is 68.8 Å². The third-order valence-electron chi connectivity index (χ3n) is 11.6. The van der Waals surface area contributed by atoms with E-state index < -0.39 is 6.04 Å². The molecule has 3 heterocycles. The van der Waals surface area contributed by atoms with Gasteiger partial charge in [0, 0.05) is 93.6 Å². The predicted molar refractivity (Wildman–Crippen MR) is 298 cm³/mol. The lowest BCUT2D eigenvalue weighted by Gasteiger charge is -2.23. The quantitative estimate of drug-likeness (QED) is 0.0354. The van der Waals surface area contributed by atoms with Crippen LogP contribution in [-0.4, -0.2) is 187 Å². The van der Waals surface area contributed by atoms with Crippen molar-refractivity contribution in [3.8, 4) is 0 Å². The first kappa shape index (κ1) is 62.5. The molecule has 1 fully saturated rings. The van der Waals surface area contributed by atoms with Crippen molar-refractivity contribution in [1.29, 1.82) is 0 Å². The van der Waals surface area contributed by atoms with E-state index in [0.717, 1.165) is 65.1 Å². The summed E-state index contributed by atoms with van der Waals surface area (Å²) in [5.74, 6) is -0.492. The average Bonchev–Trinajstić information content (AvgIpc) is 3.39. The number of unbranched alkanes of at least 4 members (excludes halogenated alkanes) is 3. The number of rotatable bonds is 30. The van der Waals surface area contributed by atoms with Crippen molar-refractivity contribution in [3.63, 3.8) is 0 Å². The van der Waals surface area contributed by atoms with E-state index in [1.54, 1.807) is 6.20 Å². The maximum Gasteiger partial charge on any atom is 0.242 e. The number of carbonyl (C=O) groups is 3. The summed E-state index contributed by atoms with van der Waals surface area (Å²) < 4.78 is 41.2. The van der Waals surface area contributed by atoms with E-state index in [2.05, 4.69) is 68.9 Å². The van der Waals surface area contributed by atoms with Crippen molar-refractivity contribution in [2.24, 2.45) is 0 Å². The first-order chi connectivity index (χ1) is 36.3. The van der Waals surface area contributed by atoms with Crippen LogP contribution in [0.15, 0.2) is 67.0 Å². The Morgan fingerprint density at radius 1 is 0.649 bits per heavy atom. The van der Waals surface area contributed by atoms with Crippen molar-refractivity contribution in [2.45, 2.75) is 77.4 Å². The summed E-state index contributed by atoms with van der Waals surface area (Å²) in [4.78, 5) is 52.3. The number of carbonyl (C=O) groups excluding carboxylic acids is 3. The van der Waals surface area contributed by atoms with Crippen molar-refractivity contribution in [3.05, 3.63) is 87.5 Å². The van der Waals surface area contributed by atoms with Crippen molar-refractivity contribution in [2.75, 3.05) is 144 Å². The maximum absolute atomic E-state index is 13.4. The van der Waals surface area contributed by atoms with Gasteiger partial charge >= 0.3 is 0 Å². The molecule has 0 bridgehead atoms. The predicted octanol–water partition coefficient (Wildman–Crippen LogP) is 4.51. The van der Waals surface area contributed by atoms with Crippen LogP contribution in [0.5, 0.6) is 0 Å². The summed E-state index contributed by atoms with van der Waals surface area (Å²) in [6.45, 7) is 14.8. The Kier molecular flexibility index (Phi) is 34.8. The van der Waals surface area contributed by atoms with Gasteiger partial charge < -0.3 is 59.7 Å². The van der Waals surface area contributed by atoms with Crippen LogP contribution >= 0.6 is 34.8 Å². The molecule has 19 nitrogen and oxygen atoms in total. The number of benzene rings is 1. The highest BCUT2D eigenvalue weighted by Gasteiger charge is 2.20. The summed E-state index contributed by atoms with van der Waals surface area (Å²) in [5, 5.41) is 15.9. The Bertz CT molecular complexity index is 1950. The van der Waals surface area contributed by atoms with Gasteiger partial charge in [-0.05, 0) is 122 Å². The number of pyridine rings is 2. The Balaban J connectivity index is 1.15. The molecule has 412 valence electrons. The normalized spacial score (nSPS) is 15.3. The van der Waals surface area contributed by atoms with Gasteiger partial charge in [0.05, 0.1) is 104 Å². The first-order valence-electron chi connectivity index (χ1n) is 26.2. The number of anilines is 1. The van der Waals surface area contributed by atoms with Gasteiger partial charge in [-0.25, -0.2) is 0 Å². The summed E-state index contributed by atoms with van der Waals surface area (Å²) in [6.07, 6.45) is 8.26. The molecule has 3 aromatic rings. The molecule has 3 amide bonds. The average molecular weight is 1160 g/mol. The minimum atomic E-state index is -0.698. The highest BCUT2D eigenvalue weighted by atomic mass is 127. The minimum Gasteiger partial charge on any atom is -0.379 e. The third kappa shape index (κ3) is 31.1. The summed E-state index contributed by atoms with van der Waals surface area (Å²) in [5.41, 5.74) is 3.69. The van der Waals surface area contributed by atoms with Gasteiger partial charge in [-0.2, -0.15) is 0 Å². The van der Waals surface area contributed by atoms with Crippen LogP contribution in [0.2, 0.25) is 0 Å². The fourth-order valence-corrected chi connectivity index (χ4v) is 8.10. The monoisotopic (exact) mass is 1160 g/mol. The summed E-state index contributed by atoms with van der Waals surface area (Å²) in [6, 6.07) is 17.0. The van der Waals surface area contributed by atoms with Gasteiger partial charge in [-0.3, -0.25) is 34.2 Å². The zero-order chi connectivity index (χ0) is 52.5. The number of ether oxygens (including phenoxy) is 7. The van der Waals surface area contributed by atoms with Gasteiger partial charge in [0.1, 0.15) is 6.04 Å². The van der Waals surface area contributed by atoms with Gasteiger partial charge in [-0.15, -0.1) is 0 Å². The molecule has 21 heteroatoms. The van der Waals surface area contributed by atoms with E-state index in [0.29, 0.717) is 156 Å². The van der Waals surface area contributed by atoms with E-state index >= 15 is 0 Å². The van der Waals surface area contributed by atoms with Crippen LogP contribution in [0, 0.1) is 3.57 Å². The number of amides is 3. The fraction of sp³-hybridized carbons (Fsp3) is 0.623. The van der Waals surface area contributed by atoms with Crippen molar-refractivity contribution < 1.29 is 47.5 Å². The number of hydrogen-bond donors (Lipinski definition) is 5. The number of halogens is 1. The molecule has 5 N–H and O–H groups in total. The molecule has 1 atom stereocenters. The topological polar surface area (TPSA) is 208 Å². The van der Waals surface area contributed by atoms with Gasteiger partial charge in [0.15, 0.2) is 5.11 Å². The SMILES string of the molecule is CCOCCOCCOCCC(=O)N[C@@H](CCCCNC(=S)Nc1ccnc(CN2CCOCCOCCN(Cc3ccccn3)CCOCCOCC2)c1)C(=O)NCCCCCNC(=O)Cc1ccc(I)cc1. The first-order valence-corrected chi connectivity index (χ1v) is 27.7. The smallest absolute Gasteiger partial charge is 0.242 e. The Hall–Kier alpha value is -4.01. The van der Waals surface area contributed by atoms with E-state index in [1.807, 2.05) is 67.7 Å². The molecule has 0 saturated carbocycles. The van der Waals surface area contributed by atoms with E-state index in [4.69, 9.17) is 45.4 Å². The molecule has 1 aromatic carbocycles. The highest BCUT2D eigenvalue weighted by molar-refractivity contribution is 14.1. The van der Waals surface area contributed by atoms with Crippen molar-refractivity contribution in [1.82, 2.24) is 41.0 Å². The Morgan fingerprint density at radius 2 is 1.23 bits per heavy atom. The molecule has 1 saturated heterocycles. The van der Waals surface area contributed by atoms with Gasteiger partial charge in [0.25, 0.3) is 0 Å². The molecule has 0 spiro atoms. The number of thiocarbonyl (C=S) groups is 1. The van der Waals surface area contributed by atoms with E-state index in [1.165, 1.54) is 0 Å². The third-order valence-corrected chi connectivity index (χ3v) is 12.5. The number of nitrogens with one attached hydrogen (secondary N) is 5. The minimum absolute atomic E-state index is 0.00825. The van der Waals surface area contributed by atoms with Crippen LogP contribution in [0.4, 0.5) is 5.69 Å². The molecule has 2 aromatic heterocycles. The maximum atomic E-state index is 13.4. The van der Waals surface area contributed by atoms with E-state index in [9.17, 15) is 14.4 Å². The lowest BCUT2D eigenvalue weighted by molar-refractivity contribution is -0.129. The largest absolute Gasteiger partial charge is 0.379 e. The number of hydrogen-bond acceptors (Lipinski definition) is 15. The zero-order valence-electron chi connectivity index (χ0n) is 43.5. The van der Waals surface area contributed by atoms with Crippen molar-refractivity contribution >= 4 is 63.3 Å². The van der Waals surface area contributed by atoms with E-state index in [-0.39, 0.29) is 30.7 Å². The molecule has 4 rings (SSSR count). The number of aromatic nitrogens is 2. The van der Waals surface area contributed by atoms with Gasteiger partial charge in [-0.1, -0.05) is 18.2 Å². The molecular formula is C53H82IN9O10S. The summed E-state index contributed by atoms with van der Waals surface area (Å²) >= 11 is 7.90. The fourth-order valence-electron chi connectivity index (χ4n) is 7.53. The van der Waals surface area contributed by atoms with Crippen LogP contribution < -0.4 is 26.6 Å². The molecule has 1 aliphatic rings. The molecule has 1 aliphatic heterocycles. The molecular weight excluding hydrogens is 1080 g/mol. The second kappa shape index (κ2) is 41.2. The zero-order valence-corrected chi connectivity index (χ0v) is 46.5. The second-order valence-electron chi connectivity index (χ2n) is 17.5. The summed E-state index contributed by atoms with van der Waals surface area (Å²) in [7, 11) is 0. The Morgan fingerprint density at radius 3 is 1.86 bits per heavy atom. The molecule has 0 radical (unpaired) electrons. The Labute approximate surface area is 458 Å². The molecule has 74 heavy (non-hydrogen) atoms. The lowest BCUT2D eigenvalue weighted by Crippen LogP contribution is -2.47. The molecule has 0 aliphatic carbocycles. The standard InChI is InChI=1S/C53H82IN9O10S/c1-2-67-32-33-73-39-34-68-27-17-50(64)61-49(52(66)58-20-7-3-6-19-57-51(65)40-44-12-14-45(54)15-13-44)11-5-9-21-59-53(74)60-46-16-22-56-48(41-46)43-63-25-30-71-37-35-69-28-23-62(42-47-10-4-8-18-55-47)24-29-70-36-38-72-31-26-63/h4,8,10,12-16,18,22,41,49H,2-3,5-7,9,11,17,19-21,23-40,42-43H2,1H3,(H,57,65)(H,58,66)(H,61,64)(H2,56,59,60,74)/t49-/m0/s1. The molecule has 0 unspecified atom stereocenters.